The number of hydrogen-bond donors (Lipinski definition) is 1. The predicted octanol–water partition coefficient (Wildman–Crippen LogP) is 2.96. The van der Waals surface area contributed by atoms with Crippen molar-refractivity contribution in [2.75, 3.05) is 13.7 Å². The van der Waals surface area contributed by atoms with Gasteiger partial charge < -0.3 is 14.8 Å². The molecule has 4 heteroatoms. The summed E-state index contributed by atoms with van der Waals surface area (Å²) in [5, 5.41) is 2.90. The summed E-state index contributed by atoms with van der Waals surface area (Å²) in [5.41, 5.74) is -0.451. The van der Waals surface area contributed by atoms with E-state index in [0.717, 1.165) is 12.8 Å². The zero-order valence-corrected chi connectivity index (χ0v) is 12.0. The second-order valence-electron chi connectivity index (χ2n) is 5.75. The van der Waals surface area contributed by atoms with E-state index in [1.54, 1.807) is 7.11 Å². The summed E-state index contributed by atoms with van der Waals surface area (Å²) in [6, 6.07) is 0.116. The van der Waals surface area contributed by atoms with Crippen LogP contribution in [0.2, 0.25) is 0 Å². The molecule has 1 N–H and O–H groups in total. The van der Waals surface area contributed by atoms with Crippen molar-refractivity contribution in [3.8, 4) is 0 Å². The smallest absolute Gasteiger partial charge is 0.407 e. The molecule has 0 aliphatic rings. The summed E-state index contributed by atoms with van der Waals surface area (Å²) in [6.45, 7) is 10.5. The molecule has 0 unspecified atom stereocenters. The third-order valence-corrected chi connectivity index (χ3v) is 2.15. The fourth-order valence-corrected chi connectivity index (χ4v) is 1.55. The Kier molecular flexibility index (Phi) is 7.19. The van der Waals surface area contributed by atoms with Crippen molar-refractivity contribution in [3.05, 3.63) is 0 Å². The molecular weight excluding hydrogens is 218 g/mol. The summed E-state index contributed by atoms with van der Waals surface area (Å²) < 4.78 is 10.3. The lowest BCUT2D eigenvalue weighted by atomic mass is 10.0. The molecule has 1 amide bonds. The largest absolute Gasteiger partial charge is 0.444 e. The van der Waals surface area contributed by atoms with Crippen LogP contribution < -0.4 is 5.32 Å². The molecule has 0 aliphatic carbocycles. The molecule has 0 radical (unpaired) electrons. The average molecular weight is 245 g/mol. The summed E-state index contributed by atoms with van der Waals surface area (Å²) >= 11 is 0. The molecule has 0 bridgehead atoms. The zero-order valence-electron chi connectivity index (χ0n) is 12.0. The minimum Gasteiger partial charge on any atom is -0.444 e. The lowest BCUT2D eigenvalue weighted by Gasteiger charge is -2.24. The molecule has 0 fully saturated rings. The average Bonchev–Trinajstić information content (AvgIpc) is 2.09. The molecule has 0 aromatic heterocycles. The molecule has 1 atom stereocenters. The number of ether oxygens (including phenoxy) is 2. The third kappa shape index (κ3) is 10.1. The molecule has 0 rings (SSSR count). The van der Waals surface area contributed by atoms with Crippen LogP contribution in [0.15, 0.2) is 0 Å². The van der Waals surface area contributed by atoms with Gasteiger partial charge in [-0.25, -0.2) is 4.79 Å². The highest BCUT2D eigenvalue weighted by Gasteiger charge is 2.19. The number of hydrogen-bond acceptors (Lipinski definition) is 3. The van der Waals surface area contributed by atoms with Crippen LogP contribution in [0, 0.1) is 5.92 Å². The molecule has 0 aliphatic heterocycles. The molecule has 0 heterocycles. The van der Waals surface area contributed by atoms with E-state index >= 15 is 0 Å². The number of nitrogens with one attached hydrogen (secondary N) is 1. The van der Waals surface area contributed by atoms with Gasteiger partial charge in [0.2, 0.25) is 0 Å². The van der Waals surface area contributed by atoms with Crippen LogP contribution in [0.25, 0.3) is 0 Å². The van der Waals surface area contributed by atoms with Crippen molar-refractivity contribution in [2.45, 2.75) is 59.1 Å². The number of carbonyl (C=O) groups is 1. The lowest BCUT2D eigenvalue weighted by Crippen LogP contribution is -2.40. The highest BCUT2D eigenvalue weighted by molar-refractivity contribution is 5.68. The molecule has 0 spiro atoms. The van der Waals surface area contributed by atoms with E-state index in [2.05, 4.69) is 19.2 Å². The van der Waals surface area contributed by atoms with Gasteiger partial charge >= 0.3 is 6.09 Å². The Morgan fingerprint density at radius 3 is 2.29 bits per heavy atom. The van der Waals surface area contributed by atoms with Crippen LogP contribution in [-0.4, -0.2) is 31.5 Å². The van der Waals surface area contributed by atoms with Crippen LogP contribution in [0.1, 0.15) is 47.5 Å². The van der Waals surface area contributed by atoms with Crippen LogP contribution >= 0.6 is 0 Å². The van der Waals surface area contributed by atoms with Gasteiger partial charge in [-0.05, 0) is 39.5 Å². The van der Waals surface area contributed by atoms with Gasteiger partial charge in [-0.3, -0.25) is 0 Å². The van der Waals surface area contributed by atoms with Gasteiger partial charge in [0.05, 0.1) is 0 Å². The molecule has 0 saturated heterocycles. The van der Waals surface area contributed by atoms with E-state index in [0.29, 0.717) is 12.5 Å². The first-order valence-electron chi connectivity index (χ1n) is 6.23. The van der Waals surface area contributed by atoms with E-state index < -0.39 is 5.60 Å². The van der Waals surface area contributed by atoms with Crippen molar-refractivity contribution in [1.29, 1.82) is 0 Å². The fraction of sp³-hybridized carbons (Fsp3) is 0.923. The first kappa shape index (κ1) is 16.2. The Morgan fingerprint density at radius 2 is 1.88 bits per heavy atom. The second-order valence-corrected chi connectivity index (χ2v) is 5.75. The SMILES string of the molecule is COCC[C@H](CC(C)C)NC(=O)OC(C)(C)C. The lowest BCUT2D eigenvalue weighted by molar-refractivity contribution is 0.0486. The van der Waals surface area contributed by atoms with Gasteiger partial charge in [0.1, 0.15) is 5.60 Å². The summed E-state index contributed by atoms with van der Waals surface area (Å²) in [5.74, 6) is 0.534. The van der Waals surface area contributed by atoms with Crippen molar-refractivity contribution >= 4 is 6.09 Å². The van der Waals surface area contributed by atoms with Gasteiger partial charge in [-0.1, -0.05) is 13.8 Å². The number of carbonyl (C=O) groups excluding carboxylic acids is 1. The summed E-state index contributed by atoms with van der Waals surface area (Å²) in [6.07, 6.45) is 1.40. The number of amides is 1. The predicted molar refractivity (Wildman–Crippen MR) is 69.1 cm³/mol. The van der Waals surface area contributed by atoms with E-state index in [4.69, 9.17) is 9.47 Å². The van der Waals surface area contributed by atoms with E-state index in [1.165, 1.54) is 0 Å². The Hall–Kier alpha value is -0.770. The van der Waals surface area contributed by atoms with Crippen LogP contribution in [0.3, 0.4) is 0 Å². The first-order chi connectivity index (χ1) is 7.74. The Bertz CT molecular complexity index is 221. The Labute approximate surface area is 105 Å². The topological polar surface area (TPSA) is 47.6 Å². The first-order valence-corrected chi connectivity index (χ1v) is 6.23. The Morgan fingerprint density at radius 1 is 1.29 bits per heavy atom. The molecule has 102 valence electrons. The Balaban J connectivity index is 4.17. The highest BCUT2D eigenvalue weighted by atomic mass is 16.6. The van der Waals surface area contributed by atoms with Crippen molar-refractivity contribution < 1.29 is 14.3 Å². The molecule has 0 aromatic rings. The molecule has 4 nitrogen and oxygen atoms in total. The van der Waals surface area contributed by atoms with Crippen molar-refractivity contribution in [1.82, 2.24) is 5.32 Å². The van der Waals surface area contributed by atoms with Crippen molar-refractivity contribution in [3.63, 3.8) is 0 Å². The molecule has 0 saturated carbocycles. The van der Waals surface area contributed by atoms with Crippen molar-refractivity contribution in [2.24, 2.45) is 5.92 Å². The zero-order chi connectivity index (χ0) is 13.5. The minimum atomic E-state index is -0.451. The summed E-state index contributed by atoms with van der Waals surface area (Å²) in [7, 11) is 1.67. The van der Waals surface area contributed by atoms with Gasteiger partial charge in [-0.15, -0.1) is 0 Å². The maximum atomic E-state index is 11.6. The maximum absolute atomic E-state index is 11.6. The van der Waals surface area contributed by atoms with Gasteiger partial charge in [0.15, 0.2) is 0 Å². The second kappa shape index (κ2) is 7.54. The van der Waals surface area contributed by atoms with E-state index in [9.17, 15) is 4.79 Å². The van der Waals surface area contributed by atoms with Gasteiger partial charge in [-0.2, -0.15) is 0 Å². The number of alkyl carbamates (subject to hydrolysis) is 1. The number of methoxy groups -OCH3 is 1. The van der Waals surface area contributed by atoms with Crippen LogP contribution in [0.5, 0.6) is 0 Å². The van der Waals surface area contributed by atoms with E-state index in [1.807, 2.05) is 20.8 Å². The molecule has 0 aromatic carbocycles. The standard InChI is InChI=1S/C13H27NO3/c1-10(2)9-11(7-8-16-6)14-12(15)17-13(3,4)5/h10-11H,7-9H2,1-6H3,(H,14,15)/t11-/m1/s1. The third-order valence-electron chi connectivity index (χ3n) is 2.15. The highest BCUT2D eigenvalue weighted by Crippen LogP contribution is 2.11. The normalized spacial score (nSPS) is 13.6. The maximum Gasteiger partial charge on any atom is 0.407 e. The fourth-order valence-electron chi connectivity index (χ4n) is 1.55. The van der Waals surface area contributed by atoms with E-state index in [-0.39, 0.29) is 12.1 Å². The molecule has 17 heavy (non-hydrogen) atoms. The minimum absolute atomic E-state index is 0.116. The monoisotopic (exact) mass is 245 g/mol. The summed E-state index contributed by atoms with van der Waals surface area (Å²) in [4.78, 5) is 11.6. The molecular formula is C13H27NO3. The quantitative estimate of drug-likeness (QED) is 0.782. The van der Waals surface area contributed by atoms with Crippen LogP contribution in [-0.2, 0) is 9.47 Å². The van der Waals surface area contributed by atoms with Gasteiger partial charge in [0, 0.05) is 19.8 Å². The van der Waals surface area contributed by atoms with Gasteiger partial charge in [0.25, 0.3) is 0 Å². The number of rotatable bonds is 6. The van der Waals surface area contributed by atoms with Crippen LogP contribution in [0.4, 0.5) is 4.79 Å².